The topological polar surface area (TPSA) is 103 Å². The summed E-state index contributed by atoms with van der Waals surface area (Å²) in [5.74, 6) is 1.49. The number of likely N-dealkylation sites (tertiary alicyclic amines) is 1. The van der Waals surface area contributed by atoms with E-state index in [9.17, 15) is 4.79 Å². The minimum absolute atomic E-state index is 0.0259. The Balaban J connectivity index is 2.01. The lowest BCUT2D eigenvalue weighted by atomic mass is 9.90. The second-order valence-corrected chi connectivity index (χ2v) is 6.89. The average molecular weight is 354 g/mol. The van der Waals surface area contributed by atoms with Crippen molar-refractivity contribution in [1.29, 1.82) is 0 Å². The van der Waals surface area contributed by atoms with Gasteiger partial charge in [-0.2, -0.15) is 0 Å². The van der Waals surface area contributed by atoms with Crippen LogP contribution in [0, 0.1) is 0 Å². The number of anilines is 1. The van der Waals surface area contributed by atoms with Crippen LogP contribution in [0.5, 0.6) is 5.75 Å². The number of carbonyl (C=O) groups is 1. The van der Waals surface area contributed by atoms with Crippen molar-refractivity contribution in [3.63, 3.8) is 0 Å². The molecule has 1 fully saturated rings. The van der Waals surface area contributed by atoms with Gasteiger partial charge < -0.3 is 15.0 Å². The van der Waals surface area contributed by atoms with Crippen molar-refractivity contribution in [3.05, 3.63) is 40.4 Å². The molecule has 0 aliphatic carbocycles. The third kappa shape index (κ3) is 3.23. The predicted molar refractivity (Wildman–Crippen MR) is 100 cm³/mol. The molecule has 1 aliphatic heterocycles. The maximum Gasteiger partial charge on any atom is 0.219 e. The first-order valence-corrected chi connectivity index (χ1v) is 8.45. The minimum atomic E-state index is -0.709. The molecule has 1 saturated heterocycles. The Kier molecular flexibility index (Phi) is 4.61. The second kappa shape index (κ2) is 6.72. The van der Waals surface area contributed by atoms with Gasteiger partial charge in [-0.25, -0.2) is 4.98 Å². The fourth-order valence-corrected chi connectivity index (χ4v) is 3.10. The van der Waals surface area contributed by atoms with Crippen LogP contribution in [-0.2, 0) is 10.3 Å². The molecule has 0 unspecified atom stereocenters. The number of fused-ring (bicyclic) bond motifs is 1. The number of rotatable bonds is 5. The molecule has 8 heteroatoms. The molecular formula is C18H22N6O2. The van der Waals surface area contributed by atoms with E-state index < -0.39 is 5.54 Å². The summed E-state index contributed by atoms with van der Waals surface area (Å²) in [6, 6.07) is 5.73. The Bertz CT molecular complexity index is 898. The summed E-state index contributed by atoms with van der Waals surface area (Å²) in [6.45, 7) is 6.48. The monoisotopic (exact) mass is 354 g/mol. The van der Waals surface area contributed by atoms with Crippen molar-refractivity contribution in [2.24, 2.45) is 5.11 Å². The van der Waals surface area contributed by atoms with Gasteiger partial charge in [0.25, 0.3) is 0 Å². The zero-order chi connectivity index (χ0) is 18.9. The maximum absolute atomic E-state index is 11.3. The van der Waals surface area contributed by atoms with E-state index in [-0.39, 0.29) is 12.0 Å². The molecule has 0 bridgehead atoms. The van der Waals surface area contributed by atoms with Gasteiger partial charge in [-0.05, 0) is 28.6 Å². The zero-order valence-electron chi connectivity index (χ0n) is 15.4. The van der Waals surface area contributed by atoms with Gasteiger partial charge in [-0.1, -0.05) is 25.0 Å². The molecule has 26 heavy (non-hydrogen) atoms. The first-order chi connectivity index (χ1) is 12.4. The highest BCUT2D eigenvalue weighted by atomic mass is 16.5. The maximum atomic E-state index is 11.3. The third-order valence-electron chi connectivity index (χ3n) is 4.66. The lowest BCUT2D eigenvalue weighted by Crippen LogP contribution is -2.55. The molecule has 1 aliphatic rings. The normalized spacial score (nSPS) is 14.5. The fourth-order valence-electron chi connectivity index (χ4n) is 3.10. The van der Waals surface area contributed by atoms with Gasteiger partial charge in [0.2, 0.25) is 5.91 Å². The van der Waals surface area contributed by atoms with Crippen LogP contribution in [-0.4, -0.2) is 42.0 Å². The number of hydrogen-bond donors (Lipinski definition) is 1. The van der Waals surface area contributed by atoms with Crippen molar-refractivity contribution >= 4 is 22.5 Å². The molecule has 136 valence electrons. The average Bonchev–Trinajstić information content (AvgIpc) is 2.56. The lowest BCUT2D eigenvalue weighted by molar-refractivity contribution is -0.137. The van der Waals surface area contributed by atoms with Gasteiger partial charge in [0.05, 0.1) is 18.6 Å². The van der Waals surface area contributed by atoms with Gasteiger partial charge in [0.15, 0.2) is 0 Å². The molecule has 0 spiro atoms. The number of carbonyl (C=O) groups excluding carboxylic acids is 1. The number of nitrogens with one attached hydrogen (secondary N) is 1. The molecule has 3 rings (SSSR count). The van der Waals surface area contributed by atoms with Crippen molar-refractivity contribution in [1.82, 2.24) is 9.88 Å². The van der Waals surface area contributed by atoms with Crippen LogP contribution in [0.25, 0.3) is 21.2 Å². The lowest BCUT2D eigenvalue weighted by Gasteiger charge is -2.38. The van der Waals surface area contributed by atoms with Crippen molar-refractivity contribution < 1.29 is 9.53 Å². The molecule has 0 radical (unpaired) electrons. The van der Waals surface area contributed by atoms with Gasteiger partial charge in [0.1, 0.15) is 17.7 Å². The van der Waals surface area contributed by atoms with Crippen LogP contribution in [0.15, 0.2) is 29.5 Å². The minimum Gasteiger partial charge on any atom is -0.486 e. The molecule has 2 heterocycles. The number of ether oxygens (including phenoxy) is 1. The van der Waals surface area contributed by atoms with Crippen LogP contribution < -0.4 is 10.1 Å². The van der Waals surface area contributed by atoms with E-state index in [1.54, 1.807) is 25.1 Å². The molecule has 0 atom stereocenters. The molecule has 2 aromatic rings. The van der Waals surface area contributed by atoms with Crippen LogP contribution >= 0.6 is 0 Å². The Morgan fingerprint density at radius 2 is 2.15 bits per heavy atom. The van der Waals surface area contributed by atoms with E-state index in [0.717, 1.165) is 22.2 Å². The Hall–Kier alpha value is -2.99. The largest absolute Gasteiger partial charge is 0.486 e. The van der Waals surface area contributed by atoms with Gasteiger partial charge in [0, 0.05) is 30.5 Å². The summed E-state index contributed by atoms with van der Waals surface area (Å²) in [5.41, 5.74) is 9.09. The summed E-state index contributed by atoms with van der Waals surface area (Å²) in [6.07, 6.45) is 1.73. The molecule has 1 aromatic heterocycles. The van der Waals surface area contributed by atoms with E-state index in [2.05, 4.69) is 20.3 Å². The van der Waals surface area contributed by atoms with E-state index >= 15 is 0 Å². The van der Waals surface area contributed by atoms with E-state index in [1.165, 1.54) is 0 Å². The number of hydrogen-bond acceptors (Lipinski definition) is 5. The Labute approximate surface area is 151 Å². The van der Waals surface area contributed by atoms with Gasteiger partial charge >= 0.3 is 0 Å². The number of pyridine rings is 1. The Morgan fingerprint density at radius 3 is 2.77 bits per heavy atom. The number of aromatic nitrogens is 1. The summed E-state index contributed by atoms with van der Waals surface area (Å²) >= 11 is 0. The van der Waals surface area contributed by atoms with Crippen molar-refractivity contribution in [2.45, 2.75) is 32.4 Å². The number of nitrogens with zero attached hydrogens (tertiary/aromatic N) is 5. The molecule has 1 amide bonds. The second-order valence-electron chi connectivity index (χ2n) is 6.89. The summed E-state index contributed by atoms with van der Waals surface area (Å²) in [5, 5.41) is 8.73. The van der Waals surface area contributed by atoms with E-state index in [1.807, 2.05) is 32.0 Å². The zero-order valence-corrected chi connectivity index (χ0v) is 15.4. The van der Waals surface area contributed by atoms with Gasteiger partial charge in [-0.3, -0.25) is 4.79 Å². The standard InChI is InChI=1S/C18H22N6O2/c1-11(25)24-9-12(10-24)26-16-6-5-15(18(2,3)22-23-19)13-7-17(20-4)21-8-14(13)16/h5-8,12H,9-10H2,1-4H3,(H,20,21). The molecule has 1 N–H and O–H groups in total. The Morgan fingerprint density at radius 1 is 1.42 bits per heavy atom. The summed E-state index contributed by atoms with van der Waals surface area (Å²) in [7, 11) is 1.80. The highest BCUT2D eigenvalue weighted by Crippen LogP contribution is 2.37. The quantitative estimate of drug-likeness (QED) is 0.504. The SMILES string of the molecule is CNc1cc2c(C(C)(C)N=[N+]=[N-])ccc(OC3CN(C(C)=O)C3)c2cn1. The smallest absolute Gasteiger partial charge is 0.219 e. The molecule has 1 aromatic carbocycles. The van der Waals surface area contributed by atoms with E-state index in [0.29, 0.717) is 18.8 Å². The molecule has 0 saturated carbocycles. The van der Waals surface area contributed by atoms with Crippen molar-refractivity contribution in [3.8, 4) is 5.75 Å². The van der Waals surface area contributed by atoms with Crippen LogP contribution in [0.3, 0.4) is 0 Å². The number of azide groups is 1. The summed E-state index contributed by atoms with van der Waals surface area (Å²) < 4.78 is 6.09. The van der Waals surface area contributed by atoms with Crippen LogP contribution in [0.4, 0.5) is 5.82 Å². The van der Waals surface area contributed by atoms with Crippen molar-refractivity contribution in [2.75, 3.05) is 25.5 Å². The summed E-state index contributed by atoms with van der Waals surface area (Å²) in [4.78, 5) is 20.4. The number of amides is 1. The van der Waals surface area contributed by atoms with Crippen LogP contribution in [0.1, 0.15) is 26.3 Å². The highest BCUT2D eigenvalue weighted by molar-refractivity contribution is 5.92. The first-order valence-electron chi connectivity index (χ1n) is 8.45. The van der Waals surface area contributed by atoms with Gasteiger partial charge in [-0.15, -0.1) is 0 Å². The number of benzene rings is 1. The highest BCUT2D eigenvalue weighted by Gasteiger charge is 2.31. The predicted octanol–water partition coefficient (Wildman–Crippen LogP) is 3.43. The first kappa shape index (κ1) is 17.8. The van der Waals surface area contributed by atoms with E-state index in [4.69, 9.17) is 10.3 Å². The molecular weight excluding hydrogens is 332 g/mol. The van der Waals surface area contributed by atoms with Crippen LogP contribution in [0.2, 0.25) is 0 Å². The fraction of sp³-hybridized carbons (Fsp3) is 0.444. The third-order valence-corrected chi connectivity index (χ3v) is 4.66. The molecule has 8 nitrogen and oxygen atoms in total.